The molecule has 0 spiro atoms. The molecule has 1 aromatic heterocycles. The Bertz CT molecular complexity index is 996. The molecule has 3 rings (SSSR count). The first-order chi connectivity index (χ1) is 14.3. The maximum Gasteiger partial charge on any atom is 0.418 e. The van der Waals surface area contributed by atoms with Crippen LogP contribution in [-0.4, -0.2) is 28.4 Å². The minimum atomic E-state index is -5.12. The largest absolute Gasteiger partial charge is 0.418 e. The zero-order chi connectivity index (χ0) is 23.1. The number of amides is 1. The fourth-order valence-corrected chi connectivity index (χ4v) is 3.94. The lowest BCUT2D eigenvalue weighted by molar-refractivity contribution is -0.144. The van der Waals surface area contributed by atoms with Gasteiger partial charge in [0.25, 0.3) is 0 Å². The predicted octanol–water partition coefficient (Wildman–Crippen LogP) is 5.27. The number of alkyl halides is 6. The van der Waals surface area contributed by atoms with Gasteiger partial charge in [0, 0.05) is 18.8 Å². The first-order valence-electron chi connectivity index (χ1n) is 8.93. The Morgan fingerprint density at radius 2 is 1.84 bits per heavy atom. The monoisotopic (exact) mass is 485 g/mol. The lowest BCUT2D eigenvalue weighted by Crippen LogP contribution is -2.37. The third-order valence-corrected chi connectivity index (χ3v) is 5.82. The second-order valence-electron chi connectivity index (χ2n) is 7.02. The molecule has 0 radical (unpaired) electrons. The van der Waals surface area contributed by atoms with Gasteiger partial charge in [0.1, 0.15) is 0 Å². The summed E-state index contributed by atoms with van der Waals surface area (Å²) in [6, 6.07) is 3.38. The van der Waals surface area contributed by atoms with Gasteiger partial charge in [-0.25, -0.2) is 0 Å². The van der Waals surface area contributed by atoms with E-state index in [1.807, 2.05) is 0 Å². The molecule has 0 bridgehead atoms. The summed E-state index contributed by atoms with van der Waals surface area (Å²) in [6.45, 7) is 0.134. The van der Waals surface area contributed by atoms with Crippen LogP contribution in [0.5, 0.6) is 0 Å². The fourth-order valence-electron chi connectivity index (χ4n) is 3.52. The molecule has 4 nitrogen and oxygen atoms in total. The minimum absolute atomic E-state index is 0.0450. The van der Waals surface area contributed by atoms with Crippen LogP contribution in [0.25, 0.3) is 0 Å². The molecule has 0 unspecified atom stereocenters. The zero-order valence-electron chi connectivity index (χ0n) is 15.6. The fraction of sp³-hybridized carbons (Fsp3) is 0.368. The highest BCUT2D eigenvalue weighted by molar-refractivity contribution is 6.42. The van der Waals surface area contributed by atoms with Crippen LogP contribution in [0.4, 0.5) is 26.3 Å². The Morgan fingerprint density at radius 3 is 2.45 bits per heavy atom. The van der Waals surface area contributed by atoms with Crippen LogP contribution in [0.2, 0.25) is 10.0 Å². The van der Waals surface area contributed by atoms with Crippen molar-refractivity contribution in [2.75, 3.05) is 6.54 Å². The Labute approximate surface area is 182 Å². The number of carbonyl (C=O) groups excluding carboxylic acids is 1. The van der Waals surface area contributed by atoms with E-state index in [2.05, 4.69) is 4.98 Å². The van der Waals surface area contributed by atoms with Crippen molar-refractivity contribution in [3.8, 4) is 0 Å². The number of hydrogen-bond donors (Lipinski definition) is 1. The predicted molar refractivity (Wildman–Crippen MR) is 101 cm³/mol. The van der Waals surface area contributed by atoms with E-state index in [-0.39, 0.29) is 28.9 Å². The summed E-state index contributed by atoms with van der Waals surface area (Å²) in [5, 5.41) is 0.377. The van der Waals surface area contributed by atoms with Crippen molar-refractivity contribution in [3.63, 3.8) is 0 Å². The number of pyridine rings is 1. The van der Waals surface area contributed by atoms with E-state index in [0.717, 1.165) is 0 Å². The van der Waals surface area contributed by atoms with Crippen molar-refractivity contribution in [2.24, 2.45) is 5.73 Å². The molecule has 0 saturated carbocycles. The zero-order valence-corrected chi connectivity index (χ0v) is 17.1. The molecule has 168 valence electrons. The number of likely N-dealkylation sites (tertiary alicyclic amines) is 1. The third kappa shape index (κ3) is 4.91. The molecular weight excluding hydrogens is 471 g/mol. The summed E-state index contributed by atoms with van der Waals surface area (Å²) >= 11 is 12.2. The standard InChI is InChI=1S/C19H15Cl2F6N3O/c20-12-3-1-2-10(16(12)21)17-13(28)4-5-30(17)15(31)7-14-11(19(25,26)27)6-9(8-29-14)18(22,23)24/h1-3,6,8,13,17H,4-5,7,28H2/t13-,17-/m1/s1. The number of halogens is 8. The normalized spacial score (nSPS) is 19.7. The van der Waals surface area contributed by atoms with E-state index in [0.29, 0.717) is 12.0 Å². The summed E-state index contributed by atoms with van der Waals surface area (Å²) in [6.07, 6.45) is -10.4. The number of hydrogen-bond acceptors (Lipinski definition) is 3. The van der Waals surface area contributed by atoms with E-state index in [1.54, 1.807) is 12.1 Å². The highest BCUT2D eigenvalue weighted by Crippen LogP contribution is 2.40. The average molecular weight is 486 g/mol. The Morgan fingerprint density at radius 1 is 1.16 bits per heavy atom. The smallest absolute Gasteiger partial charge is 0.334 e. The lowest BCUT2D eigenvalue weighted by Gasteiger charge is -2.28. The molecule has 1 aromatic carbocycles. The van der Waals surface area contributed by atoms with Crippen LogP contribution in [0.3, 0.4) is 0 Å². The molecule has 2 heterocycles. The molecule has 2 atom stereocenters. The van der Waals surface area contributed by atoms with Crippen LogP contribution in [-0.2, 0) is 23.6 Å². The quantitative estimate of drug-likeness (QED) is 0.602. The number of benzene rings is 1. The van der Waals surface area contributed by atoms with Gasteiger partial charge >= 0.3 is 12.4 Å². The van der Waals surface area contributed by atoms with Gasteiger partial charge in [-0.1, -0.05) is 35.3 Å². The summed E-state index contributed by atoms with van der Waals surface area (Å²) in [7, 11) is 0. The summed E-state index contributed by atoms with van der Waals surface area (Å²) in [5.41, 5.74) is 2.57. The molecular formula is C19H15Cl2F6N3O. The molecule has 1 aliphatic rings. The van der Waals surface area contributed by atoms with Crippen LogP contribution in [0.1, 0.15) is 34.8 Å². The Hall–Kier alpha value is -2.04. The van der Waals surface area contributed by atoms with E-state index in [4.69, 9.17) is 28.9 Å². The maximum atomic E-state index is 13.4. The molecule has 1 fully saturated rings. The van der Waals surface area contributed by atoms with Gasteiger partial charge in [0.05, 0.1) is 39.3 Å². The summed E-state index contributed by atoms with van der Waals surface area (Å²) in [4.78, 5) is 17.4. The van der Waals surface area contributed by atoms with E-state index in [1.165, 1.54) is 11.0 Å². The van der Waals surface area contributed by atoms with E-state index < -0.39 is 53.6 Å². The topological polar surface area (TPSA) is 59.2 Å². The van der Waals surface area contributed by atoms with Gasteiger partial charge in [-0.2, -0.15) is 26.3 Å². The van der Waals surface area contributed by atoms with Gasteiger partial charge in [0.15, 0.2) is 0 Å². The third-order valence-electron chi connectivity index (χ3n) is 4.99. The van der Waals surface area contributed by atoms with Gasteiger partial charge < -0.3 is 10.6 Å². The first-order valence-corrected chi connectivity index (χ1v) is 9.68. The van der Waals surface area contributed by atoms with Crippen molar-refractivity contribution in [3.05, 3.63) is 62.9 Å². The lowest BCUT2D eigenvalue weighted by atomic mass is 10.00. The molecule has 1 amide bonds. The van der Waals surface area contributed by atoms with Gasteiger partial charge in [-0.3, -0.25) is 9.78 Å². The summed E-state index contributed by atoms with van der Waals surface area (Å²) < 4.78 is 78.6. The number of nitrogens with two attached hydrogens (primary N) is 1. The number of aromatic nitrogens is 1. The van der Waals surface area contributed by atoms with Crippen molar-refractivity contribution in [2.45, 2.75) is 37.3 Å². The SMILES string of the molecule is N[C@@H]1CCN(C(=O)Cc2ncc(C(F)(F)F)cc2C(F)(F)F)[C@@H]1c1cccc(Cl)c1Cl. The molecule has 2 N–H and O–H groups in total. The van der Waals surface area contributed by atoms with Crippen LogP contribution < -0.4 is 5.73 Å². The highest BCUT2D eigenvalue weighted by Gasteiger charge is 2.41. The van der Waals surface area contributed by atoms with Gasteiger partial charge in [-0.15, -0.1) is 0 Å². The van der Waals surface area contributed by atoms with Crippen molar-refractivity contribution < 1.29 is 31.1 Å². The first kappa shape index (κ1) is 23.6. The molecule has 12 heteroatoms. The molecule has 2 aromatic rings. The average Bonchev–Trinajstić information content (AvgIpc) is 3.04. The number of carbonyl (C=O) groups is 1. The van der Waals surface area contributed by atoms with Gasteiger partial charge in [-0.05, 0) is 24.1 Å². The Balaban J connectivity index is 1.94. The number of nitrogens with zero attached hydrogens (tertiary/aromatic N) is 2. The van der Waals surface area contributed by atoms with E-state index >= 15 is 0 Å². The molecule has 1 aliphatic heterocycles. The number of rotatable bonds is 3. The van der Waals surface area contributed by atoms with Crippen LogP contribution >= 0.6 is 23.2 Å². The van der Waals surface area contributed by atoms with Crippen molar-refractivity contribution in [1.29, 1.82) is 0 Å². The van der Waals surface area contributed by atoms with Gasteiger partial charge in [0.2, 0.25) is 5.91 Å². The molecule has 0 aliphatic carbocycles. The van der Waals surface area contributed by atoms with E-state index in [9.17, 15) is 31.1 Å². The van der Waals surface area contributed by atoms with Crippen molar-refractivity contribution in [1.82, 2.24) is 9.88 Å². The Kier molecular flexibility index (Phi) is 6.46. The second-order valence-corrected chi connectivity index (χ2v) is 7.80. The molecule has 31 heavy (non-hydrogen) atoms. The summed E-state index contributed by atoms with van der Waals surface area (Å²) in [5.74, 6) is -0.772. The minimum Gasteiger partial charge on any atom is -0.334 e. The molecule has 1 saturated heterocycles. The van der Waals surface area contributed by atoms with Crippen LogP contribution in [0, 0.1) is 0 Å². The van der Waals surface area contributed by atoms with Crippen molar-refractivity contribution >= 4 is 29.1 Å². The maximum absolute atomic E-state index is 13.4. The van der Waals surface area contributed by atoms with Crippen LogP contribution in [0.15, 0.2) is 30.5 Å². The second kappa shape index (κ2) is 8.48. The highest BCUT2D eigenvalue weighted by atomic mass is 35.5.